The van der Waals surface area contributed by atoms with Crippen LogP contribution in [-0.2, 0) is 17.1 Å². The molecular formula is C13H17N5O3S. The van der Waals surface area contributed by atoms with Crippen LogP contribution in [0.25, 0.3) is 0 Å². The molecule has 1 aliphatic heterocycles. The Hall–Kier alpha value is -2.00. The van der Waals surface area contributed by atoms with Gasteiger partial charge in [0.15, 0.2) is 5.03 Å². The van der Waals surface area contributed by atoms with Crippen molar-refractivity contribution < 1.29 is 13.2 Å². The summed E-state index contributed by atoms with van der Waals surface area (Å²) in [6.07, 6.45) is 6.52. The molecule has 0 amide bonds. The Morgan fingerprint density at radius 1 is 1.36 bits per heavy atom. The van der Waals surface area contributed by atoms with Crippen LogP contribution in [0.3, 0.4) is 0 Å². The first-order valence-electron chi connectivity index (χ1n) is 6.89. The molecule has 8 nitrogen and oxygen atoms in total. The lowest BCUT2D eigenvalue weighted by Gasteiger charge is -2.15. The van der Waals surface area contributed by atoms with E-state index in [-0.39, 0.29) is 17.7 Å². The Bertz CT molecular complexity index is 740. The zero-order valence-corrected chi connectivity index (χ0v) is 13.2. The molecule has 0 bridgehead atoms. The number of ether oxygens (including phenoxy) is 1. The van der Waals surface area contributed by atoms with E-state index in [0.29, 0.717) is 24.7 Å². The SMILES string of the molecule is Cc1nc(S(=O)(=O)N2CCC(Oc3cnccn3)C2)cn1C. The van der Waals surface area contributed by atoms with Crippen LogP contribution in [0.15, 0.2) is 29.8 Å². The van der Waals surface area contributed by atoms with Crippen molar-refractivity contribution >= 4 is 10.0 Å². The number of rotatable bonds is 4. The van der Waals surface area contributed by atoms with Crippen molar-refractivity contribution in [1.29, 1.82) is 0 Å². The van der Waals surface area contributed by atoms with Gasteiger partial charge in [0.2, 0.25) is 5.88 Å². The molecule has 0 N–H and O–H groups in total. The lowest BCUT2D eigenvalue weighted by atomic mass is 10.3. The summed E-state index contributed by atoms with van der Waals surface area (Å²) in [6, 6.07) is 0. The molecule has 0 radical (unpaired) electrons. The number of sulfonamides is 1. The zero-order valence-electron chi connectivity index (χ0n) is 12.4. The topological polar surface area (TPSA) is 90.2 Å². The quantitative estimate of drug-likeness (QED) is 0.807. The molecule has 1 fully saturated rings. The van der Waals surface area contributed by atoms with E-state index in [4.69, 9.17) is 4.74 Å². The summed E-state index contributed by atoms with van der Waals surface area (Å²) in [5.41, 5.74) is 0. The van der Waals surface area contributed by atoms with Gasteiger partial charge in [-0.1, -0.05) is 0 Å². The fourth-order valence-electron chi connectivity index (χ4n) is 2.31. The number of nitrogens with zero attached hydrogens (tertiary/aromatic N) is 5. The van der Waals surface area contributed by atoms with E-state index in [1.807, 2.05) is 0 Å². The molecule has 2 aromatic rings. The standard InChI is InChI=1S/C13H17N5O3S/c1-10-16-13(9-17(10)2)22(19,20)18-6-3-11(8-18)21-12-7-14-4-5-15-12/h4-5,7,9,11H,3,6,8H2,1-2H3. The van der Waals surface area contributed by atoms with Crippen LogP contribution in [-0.4, -0.2) is 51.4 Å². The van der Waals surface area contributed by atoms with E-state index in [2.05, 4.69) is 15.0 Å². The fraction of sp³-hybridized carbons (Fsp3) is 0.462. The van der Waals surface area contributed by atoms with Gasteiger partial charge < -0.3 is 9.30 Å². The normalized spacial score (nSPS) is 19.5. The minimum Gasteiger partial charge on any atom is -0.472 e. The number of hydrogen-bond donors (Lipinski definition) is 0. The zero-order chi connectivity index (χ0) is 15.7. The number of aromatic nitrogens is 4. The van der Waals surface area contributed by atoms with Crippen molar-refractivity contribution in [2.24, 2.45) is 7.05 Å². The van der Waals surface area contributed by atoms with Crippen molar-refractivity contribution in [3.05, 3.63) is 30.6 Å². The van der Waals surface area contributed by atoms with Gasteiger partial charge in [0, 0.05) is 32.2 Å². The molecule has 1 unspecified atom stereocenters. The third kappa shape index (κ3) is 2.81. The van der Waals surface area contributed by atoms with Crippen molar-refractivity contribution in [1.82, 2.24) is 23.8 Å². The largest absolute Gasteiger partial charge is 0.472 e. The molecule has 22 heavy (non-hydrogen) atoms. The van der Waals surface area contributed by atoms with E-state index in [0.717, 1.165) is 0 Å². The van der Waals surface area contributed by atoms with Crippen LogP contribution in [0.1, 0.15) is 12.2 Å². The minimum atomic E-state index is -3.58. The summed E-state index contributed by atoms with van der Waals surface area (Å²) in [4.78, 5) is 12.1. The van der Waals surface area contributed by atoms with E-state index in [9.17, 15) is 8.42 Å². The van der Waals surface area contributed by atoms with E-state index in [1.165, 1.54) is 22.9 Å². The minimum absolute atomic E-state index is 0.0765. The first kappa shape index (κ1) is 14.9. The fourth-order valence-corrected chi connectivity index (χ4v) is 3.82. The summed E-state index contributed by atoms with van der Waals surface area (Å²) in [6.45, 7) is 2.46. The molecule has 118 valence electrons. The molecule has 1 aliphatic rings. The number of imidazole rings is 1. The maximum absolute atomic E-state index is 12.6. The Kier molecular flexibility index (Phi) is 3.83. The Labute approximate surface area is 128 Å². The summed E-state index contributed by atoms with van der Waals surface area (Å²) >= 11 is 0. The highest BCUT2D eigenvalue weighted by Gasteiger charge is 2.35. The monoisotopic (exact) mass is 323 g/mol. The van der Waals surface area contributed by atoms with Crippen LogP contribution in [0.4, 0.5) is 0 Å². The van der Waals surface area contributed by atoms with Gasteiger partial charge in [0.05, 0.1) is 12.7 Å². The first-order chi connectivity index (χ1) is 10.5. The molecule has 1 saturated heterocycles. The first-order valence-corrected chi connectivity index (χ1v) is 8.33. The molecule has 2 aromatic heterocycles. The van der Waals surface area contributed by atoms with Gasteiger partial charge in [-0.25, -0.2) is 18.4 Å². The maximum atomic E-state index is 12.6. The lowest BCUT2D eigenvalue weighted by Crippen LogP contribution is -2.31. The van der Waals surface area contributed by atoms with Gasteiger partial charge in [-0.05, 0) is 13.3 Å². The predicted molar refractivity (Wildman–Crippen MR) is 77.8 cm³/mol. The molecule has 1 atom stereocenters. The van der Waals surface area contributed by atoms with Gasteiger partial charge in [-0.2, -0.15) is 4.31 Å². The van der Waals surface area contributed by atoms with Crippen molar-refractivity contribution in [3.8, 4) is 5.88 Å². The third-order valence-corrected chi connectivity index (χ3v) is 5.36. The molecule has 0 saturated carbocycles. The second-order valence-electron chi connectivity index (χ2n) is 5.17. The van der Waals surface area contributed by atoms with E-state index in [1.54, 1.807) is 24.7 Å². The van der Waals surface area contributed by atoms with Gasteiger partial charge in [0.1, 0.15) is 11.9 Å². The van der Waals surface area contributed by atoms with E-state index < -0.39 is 10.0 Å². The van der Waals surface area contributed by atoms with Gasteiger partial charge in [-0.15, -0.1) is 0 Å². The Morgan fingerprint density at radius 3 is 2.82 bits per heavy atom. The highest BCUT2D eigenvalue weighted by Crippen LogP contribution is 2.22. The maximum Gasteiger partial charge on any atom is 0.262 e. The summed E-state index contributed by atoms with van der Waals surface area (Å²) in [7, 11) is -1.81. The average Bonchev–Trinajstić information content (AvgIpc) is 3.09. The van der Waals surface area contributed by atoms with Crippen LogP contribution in [0.5, 0.6) is 5.88 Å². The molecule has 9 heteroatoms. The lowest BCUT2D eigenvalue weighted by molar-refractivity contribution is 0.206. The van der Waals surface area contributed by atoms with Gasteiger partial charge in [-0.3, -0.25) is 4.98 Å². The highest BCUT2D eigenvalue weighted by atomic mass is 32.2. The highest BCUT2D eigenvalue weighted by molar-refractivity contribution is 7.89. The van der Waals surface area contributed by atoms with Crippen LogP contribution < -0.4 is 4.74 Å². The second kappa shape index (κ2) is 5.65. The second-order valence-corrected chi connectivity index (χ2v) is 7.06. The van der Waals surface area contributed by atoms with Crippen molar-refractivity contribution in [2.75, 3.05) is 13.1 Å². The number of aryl methyl sites for hydroxylation is 2. The van der Waals surface area contributed by atoms with Crippen molar-refractivity contribution in [3.63, 3.8) is 0 Å². The van der Waals surface area contributed by atoms with E-state index >= 15 is 0 Å². The summed E-state index contributed by atoms with van der Waals surface area (Å²) in [5.74, 6) is 1.06. The summed E-state index contributed by atoms with van der Waals surface area (Å²) < 4.78 is 33.9. The Morgan fingerprint density at radius 2 is 2.18 bits per heavy atom. The van der Waals surface area contributed by atoms with Crippen LogP contribution in [0.2, 0.25) is 0 Å². The summed E-state index contributed by atoms with van der Waals surface area (Å²) in [5, 5.41) is 0.0765. The van der Waals surface area contributed by atoms with Crippen molar-refractivity contribution in [2.45, 2.75) is 24.5 Å². The molecule has 0 spiro atoms. The molecule has 3 heterocycles. The molecular weight excluding hydrogens is 306 g/mol. The molecule has 3 rings (SSSR count). The Balaban J connectivity index is 1.72. The number of hydrogen-bond acceptors (Lipinski definition) is 6. The van der Waals surface area contributed by atoms with Gasteiger partial charge >= 0.3 is 0 Å². The van der Waals surface area contributed by atoms with Crippen LogP contribution >= 0.6 is 0 Å². The molecule has 0 aromatic carbocycles. The average molecular weight is 323 g/mol. The van der Waals surface area contributed by atoms with Crippen LogP contribution in [0, 0.1) is 6.92 Å². The van der Waals surface area contributed by atoms with Gasteiger partial charge in [0.25, 0.3) is 10.0 Å². The smallest absolute Gasteiger partial charge is 0.262 e. The third-order valence-electron chi connectivity index (χ3n) is 3.63. The molecule has 0 aliphatic carbocycles. The predicted octanol–water partition coefficient (Wildman–Crippen LogP) is 0.361.